The summed E-state index contributed by atoms with van der Waals surface area (Å²) >= 11 is 3.20. The molecule has 21 heavy (non-hydrogen) atoms. The molecule has 106 valence electrons. The standard InChI is InChI=1S/C15H11BrFN3O/c1-20(15(21)11-4-5-19-14(16)7-11)9-12-6-10(8-18)2-3-13(12)17/h2-7H,9H2,1H3. The highest BCUT2D eigenvalue weighted by atomic mass is 79.9. The summed E-state index contributed by atoms with van der Waals surface area (Å²) in [5, 5.41) is 8.84. The number of carbonyl (C=O) groups is 1. The van der Waals surface area contributed by atoms with Crippen molar-refractivity contribution in [2.45, 2.75) is 6.54 Å². The number of amides is 1. The number of hydrogen-bond donors (Lipinski definition) is 0. The molecule has 1 heterocycles. The lowest BCUT2D eigenvalue weighted by molar-refractivity contribution is 0.0783. The van der Waals surface area contributed by atoms with E-state index < -0.39 is 5.82 Å². The molecule has 2 rings (SSSR count). The number of nitriles is 1. The summed E-state index contributed by atoms with van der Waals surface area (Å²) in [7, 11) is 1.58. The number of nitrogens with zero attached hydrogens (tertiary/aromatic N) is 3. The topological polar surface area (TPSA) is 57.0 Å². The van der Waals surface area contributed by atoms with E-state index >= 15 is 0 Å². The fraction of sp³-hybridized carbons (Fsp3) is 0.133. The minimum absolute atomic E-state index is 0.0835. The van der Waals surface area contributed by atoms with E-state index in [9.17, 15) is 9.18 Å². The number of pyridine rings is 1. The Balaban J connectivity index is 2.20. The first-order chi connectivity index (χ1) is 10.0. The highest BCUT2D eigenvalue weighted by Gasteiger charge is 2.14. The first-order valence-electron chi connectivity index (χ1n) is 6.07. The van der Waals surface area contributed by atoms with Crippen molar-refractivity contribution in [1.82, 2.24) is 9.88 Å². The molecule has 0 radical (unpaired) electrons. The molecule has 0 unspecified atom stereocenters. The first-order valence-corrected chi connectivity index (χ1v) is 6.86. The Hall–Kier alpha value is -2.26. The normalized spacial score (nSPS) is 10.0. The van der Waals surface area contributed by atoms with Gasteiger partial charge >= 0.3 is 0 Å². The molecule has 2 aromatic rings. The Morgan fingerprint density at radius 3 is 2.86 bits per heavy atom. The summed E-state index contributed by atoms with van der Waals surface area (Å²) in [6.45, 7) is 0.0835. The summed E-state index contributed by atoms with van der Waals surface area (Å²) in [6.07, 6.45) is 1.52. The Bertz CT molecular complexity index is 727. The monoisotopic (exact) mass is 347 g/mol. The summed E-state index contributed by atoms with van der Waals surface area (Å²) in [6, 6.07) is 9.22. The van der Waals surface area contributed by atoms with Gasteiger partial charge < -0.3 is 4.90 Å². The lowest BCUT2D eigenvalue weighted by Gasteiger charge is -2.18. The maximum atomic E-state index is 13.7. The van der Waals surface area contributed by atoms with Crippen molar-refractivity contribution in [2.75, 3.05) is 7.05 Å². The van der Waals surface area contributed by atoms with Gasteiger partial charge in [-0.15, -0.1) is 0 Å². The molecule has 1 amide bonds. The molecule has 0 atom stereocenters. The van der Waals surface area contributed by atoms with Crippen LogP contribution in [0.15, 0.2) is 41.1 Å². The summed E-state index contributed by atoms with van der Waals surface area (Å²) < 4.78 is 14.3. The Kier molecular flexibility index (Phi) is 4.66. The predicted octanol–water partition coefficient (Wildman–Crippen LogP) is 3.13. The molecule has 1 aromatic heterocycles. The van der Waals surface area contributed by atoms with Crippen LogP contribution in [-0.2, 0) is 6.54 Å². The van der Waals surface area contributed by atoms with Crippen LogP contribution in [0, 0.1) is 17.1 Å². The second kappa shape index (κ2) is 6.46. The second-order valence-electron chi connectivity index (χ2n) is 4.45. The van der Waals surface area contributed by atoms with Crippen LogP contribution in [-0.4, -0.2) is 22.8 Å². The third kappa shape index (κ3) is 3.64. The molecule has 0 aliphatic rings. The van der Waals surface area contributed by atoms with E-state index in [0.29, 0.717) is 21.3 Å². The van der Waals surface area contributed by atoms with Gasteiger partial charge in [-0.1, -0.05) is 0 Å². The molecule has 0 saturated heterocycles. The number of benzene rings is 1. The molecule has 6 heteroatoms. The van der Waals surface area contributed by atoms with E-state index in [1.54, 1.807) is 19.2 Å². The van der Waals surface area contributed by atoms with Crippen molar-refractivity contribution in [3.63, 3.8) is 0 Å². The van der Waals surface area contributed by atoms with E-state index in [-0.39, 0.29) is 12.5 Å². The Labute approximate surface area is 130 Å². The van der Waals surface area contributed by atoms with Gasteiger partial charge in [-0.25, -0.2) is 9.37 Å². The second-order valence-corrected chi connectivity index (χ2v) is 5.26. The van der Waals surface area contributed by atoms with Crippen LogP contribution in [0.5, 0.6) is 0 Å². The SMILES string of the molecule is CN(Cc1cc(C#N)ccc1F)C(=O)c1ccnc(Br)c1. The van der Waals surface area contributed by atoms with Crippen molar-refractivity contribution in [3.8, 4) is 6.07 Å². The quantitative estimate of drug-likeness (QED) is 0.801. The summed E-state index contributed by atoms with van der Waals surface area (Å²) in [5.41, 5.74) is 1.12. The zero-order valence-electron chi connectivity index (χ0n) is 11.2. The fourth-order valence-electron chi connectivity index (χ4n) is 1.85. The average molecular weight is 348 g/mol. The van der Waals surface area contributed by atoms with Crippen molar-refractivity contribution in [1.29, 1.82) is 5.26 Å². The molecule has 0 N–H and O–H groups in total. The minimum Gasteiger partial charge on any atom is -0.337 e. The summed E-state index contributed by atoms with van der Waals surface area (Å²) in [4.78, 5) is 17.6. The largest absolute Gasteiger partial charge is 0.337 e. The van der Waals surface area contributed by atoms with E-state index in [4.69, 9.17) is 5.26 Å². The minimum atomic E-state index is -0.440. The van der Waals surface area contributed by atoms with Gasteiger partial charge in [0.1, 0.15) is 10.4 Å². The van der Waals surface area contributed by atoms with E-state index in [0.717, 1.165) is 0 Å². The zero-order chi connectivity index (χ0) is 15.4. The van der Waals surface area contributed by atoms with Gasteiger partial charge in [0.15, 0.2) is 0 Å². The molecule has 0 spiro atoms. The molecular weight excluding hydrogens is 337 g/mol. The molecule has 1 aromatic carbocycles. The van der Waals surface area contributed by atoms with Gasteiger partial charge in [0, 0.05) is 30.9 Å². The molecule has 0 aliphatic heterocycles. The predicted molar refractivity (Wildman–Crippen MR) is 78.8 cm³/mol. The molecule has 0 fully saturated rings. The van der Waals surface area contributed by atoms with Crippen molar-refractivity contribution in [3.05, 3.63) is 63.6 Å². The van der Waals surface area contributed by atoms with Gasteiger partial charge in [-0.05, 0) is 46.3 Å². The molecule has 4 nitrogen and oxygen atoms in total. The van der Waals surface area contributed by atoms with Gasteiger partial charge in [0.05, 0.1) is 11.6 Å². The van der Waals surface area contributed by atoms with Gasteiger partial charge in [0.2, 0.25) is 0 Å². The molecular formula is C15H11BrFN3O. The highest BCUT2D eigenvalue weighted by molar-refractivity contribution is 9.10. The summed E-state index contributed by atoms with van der Waals surface area (Å²) in [5.74, 6) is -0.690. The number of hydrogen-bond acceptors (Lipinski definition) is 3. The number of aromatic nitrogens is 1. The lowest BCUT2D eigenvalue weighted by atomic mass is 10.1. The third-order valence-corrected chi connectivity index (χ3v) is 3.34. The van der Waals surface area contributed by atoms with Crippen LogP contribution in [0.1, 0.15) is 21.5 Å². The van der Waals surface area contributed by atoms with Crippen LogP contribution in [0.3, 0.4) is 0 Å². The van der Waals surface area contributed by atoms with Gasteiger partial charge in [-0.2, -0.15) is 5.26 Å². The molecule has 0 aliphatic carbocycles. The van der Waals surface area contributed by atoms with Crippen LogP contribution in [0.25, 0.3) is 0 Å². The highest BCUT2D eigenvalue weighted by Crippen LogP contribution is 2.15. The van der Waals surface area contributed by atoms with E-state index in [1.165, 1.54) is 29.3 Å². The first kappa shape index (κ1) is 15.1. The van der Waals surface area contributed by atoms with E-state index in [2.05, 4.69) is 20.9 Å². The smallest absolute Gasteiger partial charge is 0.254 e. The maximum absolute atomic E-state index is 13.7. The average Bonchev–Trinajstić information content (AvgIpc) is 2.48. The van der Waals surface area contributed by atoms with Crippen LogP contribution >= 0.6 is 15.9 Å². The number of rotatable bonds is 3. The van der Waals surface area contributed by atoms with Crippen molar-refractivity contribution in [2.24, 2.45) is 0 Å². The lowest BCUT2D eigenvalue weighted by Crippen LogP contribution is -2.26. The van der Waals surface area contributed by atoms with Gasteiger partial charge in [-0.3, -0.25) is 4.79 Å². The van der Waals surface area contributed by atoms with Crippen LogP contribution in [0.2, 0.25) is 0 Å². The maximum Gasteiger partial charge on any atom is 0.254 e. The Morgan fingerprint density at radius 1 is 1.43 bits per heavy atom. The van der Waals surface area contributed by atoms with Crippen LogP contribution in [0.4, 0.5) is 4.39 Å². The van der Waals surface area contributed by atoms with Crippen molar-refractivity contribution >= 4 is 21.8 Å². The molecule has 0 saturated carbocycles. The van der Waals surface area contributed by atoms with E-state index in [1.807, 2.05) is 6.07 Å². The third-order valence-electron chi connectivity index (χ3n) is 2.90. The Morgan fingerprint density at radius 2 is 2.19 bits per heavy atom. The number of carbonyl (C=O) groups excluding carboxylic acids is 1. The number of halogens is 2. The fourth-order valence-corrected chi connectivity index (χ4v) is 2.21. The molecule has 0 bridgehead atoms. The van der Waals surface area contributed by atoms with Gasteiger partial charge in [0.25, 0.3) is 5.91 Å². The zero-order valence-corrected chi connectivity index (χ0v) is 12.8. The van der Waals surface area contributed by atoms with Crippen LogP contribution < -0.4 is 0 Å². The van der Waals surface area contributed by atoms with Crippen molar-refractivity contribution < 1.29 is 9.18 Å².